The third kappa shape index (κ3) is 2.76. The Hall–Kier alpha value is -1.13. The average molecular weight is 294 g/mol. The number of halogens is 1. The first-order chi connectivity index (χ1) is 8.22. The summed E-state index contributed by atoms with van der Waals surface area (Å²) >= 11 is 3.49. The molecule has 0 amide bonds. The molecule has 1 heterocycles. The predicted octanol–water partition coefficient (Wildman–Crippen LogP) is 2.96. The Bertz CT molecular complexity index is 493. The van der Waals surface area contributed by atoms with Crippen molar-refractivity contribution in [1.29, 1.82) is 0 Å². The summed E-state index contributed by atoms with van der Waals surface area (Å²) in [4.78, 5) is 0. The molecule has 0 spiro atoms. The highest BCUT2D eigenvalue weighted by atomic mass is 79.9. The lowest BCUT2D eigenvalue weighted by Gasteiger charge is -2.14. The Morgan fingerprint density at radius 2 is 2.24 bits per heavy atom. The second-order valence-electron chi connectivity index (χ2n) is 4.11. The topological polar surface area (TPSA) is 29.9 Å². The number of benzene rings is 1. The van der Waals surface area contributed by atoms with Gasteiger partial charge in [-0.05, 0) is 31.3 Å². The van der Waals surface area contributed by atoms with E-state index in [1.807, 2.05) is 30.1 Å². The lowest BCUT2D eigenvalue weighted by Crippen LogP contribution is -2.17. The number of likely N-dealkylation sites (N-methyl/N-ethyl adjacent to an activating group) is 1. The predicted molar refractivity (Wildman–Crippen MR) is 73.6 cm³/mol. The fourth-order valence-electron chi connectivity index (χ4n) is 1.92. The number of nitrogens with zero attached hydrogens (tertiary/aromatic N) is 2. The molecule has 2 aromatic rings. The number of hydrogen-bond donors (Lipinski definition) is 1. The minimum absolute atomic E-state index is 0.432. The van der Waals surface area contributed by atoms with E-state index in [1.165, 1.54) is 5.69 Å². The van der Waals surface area contributed by atoms with Crippen LogP contribution in [0.3, 0.4) is 0 Å². The van der Waals surface area contributed by atoms with Crippen molar-refractivity contribution < 1.29 is 0 Å². The molecule has 0 saturated heterocycles. The van der Waals surface area contributed by atoms with Crippen molar-refractivity contribution in [1.82, 2.24) is 15.1 Å². The van der Waals surface area contributed by atoms with Crippen molar-refractivity contribution in [3.05, 3.63) is 46.7 Å². The Morgan fingerprint density at radius 1 is 1.41 bits per heavy atom. The van der Waals surface area contributed by atoms with Crippen LogP contribution in [0, 0.1) is 0 Å². The van der Waals surface area contributed by atoms with Gasteiger partial charge in [-0.3, -0.25) is 0 Å². The molecule has 1 N–H and O–H groups in total. The summed E-state index contributed by atoms with van der Waals surface area (Å²) in [6.07, 6.45) is 1.85. The van der Waals surface area contributed by atoms with Gasteiger partial charge < -0.3 is 5.32 Å². The first-order valence-electron chi connectivity index (χ1n) is 5.67. The molecular formula is C13H16BrN3. The molecule has 1 unspecified atom stereocenters. The van der Waals surface area contributed by atoms with Crippen LogP contribution in [0.25, 0.3) is 5.69 Å². The van der Waals surface area contributed by atoms with E-state index in [-0.39, 0.29) is 0 Å². The van der Waals surface area contributed by atoms with Gasteiger partial charge in [0.15, 0.2) is 0 Å². The van der Waals surface area contributed by atoms with Crippen LogP contribution in [-0.2, 0) is 0 Å². The molecule has 3 nitrogen and oxygen atoms in total. The number of nitrogens with one attached hydrogen (secondary N) is 1. The fraction of sp³-hybridized carbons (Fsp3) is 0.308. The van der Waals surface area contributed by atoms with E-state index in [9.17, 15) is 0 Å². The summed E-state index contributed by atoms with van der Waals surface area (Å²) in [5, 5.41) is 7.59. The van der Waals surface area contributed by atoms with Crippen LogP contribution in [0.1, 0.15) is 18.5 Å². The second-order valence-corrected chi connectivity index (χ2v) is 5.02. The Kier molecular flexibility index (Phi) is 3.97. The van der Waals surface area contributed by atoms with Crippen molar-refractivity contribution >= 4 is 15.9 Å². The Morgan fingerprint density at radius 3 is 2.94 bits per heavy atom. The summed E-state index contributed by atoms with van der Waals surface area (Å²) < 4.78 is 3.06. The zero-order valence-corrected chi connectivity index (χ0v) is 11.6. The molecule has 17 heavy (non-hydrogen) atoms. The van der Waals surface area contributed by atoms with E-state index < -0.39 is 0 Å². The molecular weight excluding hydrogens is 278 g/mol. The van der Waals surface area contributed by atoms with Gasteiger partial charge in [0, 0.05) is 28.8 Å². The summed E-state index contributed by atoms with van der Waals surface area (Å²) in [5.41, 5.74) is 2.31. The average Bonchev–Trinajstić information content (AvgIpc) is 2.78. The van der Waals surface area contributed by atoms with E-state index >= 15 is 0 Å². The SMILES string of the molecule is CNCC(C)c1ccnn1-c1cccc(Br)c1. The lowest BCUT2D eigenvalue weighted by molar-refractivity contribution is 0.633. The van der Waals surface area contributed by atoms with Crippen molar-refractivity contribution in [2.45, 2.75) is 12.8 Å². The van der Waals surface area contributed by atoms with Gasteiger partial charge in [-0.25, -0.2) is 4.68 Å². The molecule has 4 heteroatoms. The highest BCUT2D eigenvalue weighted by Crippen LogP contribution is 2.20. The van der Waals surface area contributed by atoms with Crippen molar-refractivity contribution in [2.24, 2.45) is 0 Å². The second kappa shape index (κ2) is 5.47. The molecule has 1 aromatic heterocycles. The molecule has 0 fully saturated rings. The largest absolute Gasteiger partial charge is 0.319 e. The van der Waals surface area contributed by atoms with Gasteiger partial charge in [0.1, 0.15) is 0 Å². The molecule has 0 bridgehead atoms. The smallest absolute Gasteiger partial charge is 0.0660 e. The van der Waals surface area contributed by atoms with E-state index in [2.05, 4.69) is 51.5 Å². The quantitative estimate of drug-likeness (QED) is 0.939. The molecule has 0 aliphatic carbocycles. The Balaban J connectivity index is 2.36. The maximum absolute atomic E-state index is 4.40. The molecule has 0 aliphatic rings. The number of hydrogen-bond acceptors (Lipinski definition) is 2. The number of rotatable bonds is 4. The van der Waals surface area contributed by atoms with Gasteiger partial charge in [-0.1, -0.05) is 28.9 Å². The van der Waals surface area contributed by atoms with Crippen molar-refractivity contribution in [2.75, 3.05) is 13.6 Å². The van der Waals surface area contributed by atoms with Gasteiger partial charge >= 0.3 is 0 Å². The van der Waals surface area contributed by atoms with Gasteiger partial charge in [0.2, 0.25) is 0 Å². The van der Waals surface area contributed by atoms with Gasteiger partial charge in [0.25, 0.3) is 0 Å². The van der Waals surface area contributed by atoms with Crippen LogP contribution in [0.5, 0.6) is 0 Å². The maximum atomic E-state index is 4.40. The Labute approximate surface area is 110 Å². The molecule has 90 valence electrons. The van der Waals surface area contributed by atoms with Gasteiger partial charge in [0.05, 0.1) is 5.69 Å². The third-order valence-electron chi connectivity index (χ3n) is 2.74. The summed E-state index contributed by atoms with van der Waals surface area (Å²) in [5.74, 6) is 0.432. The summed E-state index contributed by atoms with van der Waals surface area (Å²) in [7, 11) is 1.97. The summed E-state index contributed by atoms with van der Waals surface area (Å²) in [6.45, 7) is 3.14. The zero-order valence-electron chi connectivity index (χ0n) is 10.0. The first kappa shape index (κ1) is 12.3. The van der Waals surface area contributed by atoms with E-state index in [0.717, 1.165) is 16.7 Å². The van der Waals surface area contributed by atoms with Crippen LogP contribution >= 0.6 is 15.9 Å². The minimum Gasteiger partial charge on any atom is -0.319 e. The number of aromatic nitrogens is 2. The van der Waals surface area contributed by atoms with Crippen molar-refractivity contribution in [3.63, 3.8) is 0 Å². The molecule has 0 aliphatic heterocycles. The first-order valence-corrected chi connectivity index (χ1v) is 6.46. The minimum atomic E-state index is 0.432. The standard InChI is InChI=1S/C13H16BrN3/c1-10(9-15-2)13-6-7-16-17(13)12-5-3-4-11(14)8-12/h3-8,10,15H,9H2,1-2H3. The maximum Gasteiger partial charge on any atom is 0.0660 e. The zero-order chi connectivity index (χ0) is 12.3. The summed E-state index contributed by atoms with van der Waals surface area (Å²) in [6, 6.07) is 10.2. The van der Waals surface area contributed by atoms with Crippen LogP contribution in [-0.4, -0.2) is 23.4 Å². The van der Waals surface area contributed by atoms with Crippen LogP contribution in [0.2, 0.25) is 0 Å². The highest BCUT2D eigenvalue weighted by molar-refractivity contribution is 9.10. The highest BCUT2D eigenvalue weighted by Gasteiger charge is 2.11. The van der Waals surface area contributed by atoms with Crippen LogP contribution < -0.4 is 5.32 Å². The van der Waals surface area contributed by atoms with E-state index in [0.29, 0.717) is 5.92 Å². The van der Waals surface area contributed by atoms with Gasteiger partial charge in [-0.2, -0.15) is 5.10 Å². The van der Waals surface area contributed by atoms with Crippen LogP contribution in [0.4, 0.5) is 0 Å². The van der Waals surface area contributed by atoms with Crippen LogP contribution in [0.15, 0.2) is 41.0 Å². The van der Waals surface area contributed by atoms with E-state index in [4.69, 9.17) is 0 Å². The molecule has 2 rings (SSSR count). The third-order valence-corrected chi connectivity index (χ3v) is 3.23. The molecule has 1 atom stereocenters. The monoisotopic (exact) mass is 293 g/mol. The lowest BCUT2D eigenvalue weighted by atomic mass is 10.1. The van der Waals surface area contributed by atoms with E-state index in [1.54, 1.807) is 0 Å². The molecule has 1 aromatic carbocycles. The molecule has 0 radical (unpaired) electrons. The van der Waals surface area contributed by atoms with Crippen molar-refractivity contribution in [3.8, 4) is 5.69 Å². The fourth-order valence-corrected chi connectivity index (χ4v) is 2.31. The normalized spacial score (nSPS) is 12.6. The molecule has 0 saturated carbocycles. The van der Waals surface area contributed by atoms with Gasteiger partial charge in [-0.15, -0.1) is 0 Å².